The van der Waals surface area contributed by atoms with Crippen LogP contribution in [0.3, 0.4) is 0 Å². The Morgan fingerprint density at radius 2 is 1.83 bits per heavy atom. The van der Waals surface area contributed by atoms with Gasteiger partial charge in [0, 0.05) is 22.8 Å². The minimum atomic E-state index is -0.778. The third-order valence-corrected chi connectivity index (χ3v) is 4.31. The highest BCUT2D eigenvalue weighted by Gasteiger charge is 2.19. The molecule has 0 spiro atoms. The summed E-state index contributed by atoms with van der Waals surface area (Å²) in [6, 6.07) is 12.7. The number of halogens is 2. The first-order chi connectivity index (χ1) is 14.5. The molecule has 0 atom stereocenters. The Labute approximate surface area is 169 Å². The lowest BCUT2D eigenvalue weighted by Crippen LogP contribution is -2.02. The standard InChI is InChI=1S/C21H12F2N6O/c1-11-6-14-18(23)17(7-16(22)19(14)28-11)30-21-15(9-25)20(26-10-27-21)29-13-4-2-12(8-24)3-5-13/h2-7,10,28H,1H3,(H,26,27,29). The molecule has 146 valence electrons. The summed E-state index contributed by atoms with van der Waals surface area (Å²) >= 11 is 0. The average Bonchev–Trinajstić information content (AvgIpc) is 3.15. The Balaban J connectivity index is 1.71. The molecule has 0 aliphatic heterocycles. The molecule has 4 aromatic rings. The van der Waals surface area contributed by atoms with Gasteiger partial charge in [0.2, 0.25) is 5.88 Å². The van der Waals surface area contributed by atoms with Gasteiger partial charge in [0.1, 0.15) is 12.4 Å². The van der Waals surface area contributed by atoms with Gasteiger partial charge < -0.3 is 15.0 Å². The van der Waals surface area contributed by atoms with E-state index in [2.05, 4.69) is 20.3 Å². The summed E-state index contributed by atoms with van der Waals surface area (Å²) in [7, 11) is 0. The third kappa shape index (κ3) is 3.36. The van der Waals surface area contributed by atoms with Crippen LogP contribution < -0.4 is 10.1 Å². The van der Waals surface area contributed by atoms with Crippen molar-refractivity contribution in [1.29, 1.82) is 10.5 Å². The first-order valence-electron chi connectivity index (χ1n) is 8.67. The highest BCUT2D eigenvalue weighted by molar-refractivity contribution is 5.83. The topological polar surface area (TPSA) is 110 Å². The number of aromatic amines is 1. The lowest BCUT2D eigenvalue weighted by Gasteiger charge is -2.11. The molecule has 9 heteroatoms. The van der Waals surface area contributed by atoms with E-state index in [4.69, 9.17) is 10.00 Å². The first-order valence-corrected chi connectivity index (χ1v) is 8.67. The van der Waals surface area contributed by atoms with E-state index in [-0.39, 0.29) is 28.2 Å². The molecule has 0 radical (unpaired) electrons. The lowest BCUT2D eigenvalue weighted by molar-refractivity contribution is 0.424. The van der Waals surface area contributed by atoms with E-state index in [1.54, 1.807) is 31.2 Å². The van der Waals surface area contributed by atoms with E-state index in [0.29, 0.717) is 16.9 Å². The molecule has 0 aliphatic carbocycles. The summed E-state index contributed by atoms with van der Waals surface area (Å²) in [5.41, 5.74) is 1.57. The molecule has 0 fully saturated rings. The molecular formula is C21H12F2N6O. The highest BCUT2D eigenvalue weighted by Crippen LogP contribution is 2.34. The van der Waals surface area contributed by atoms with Gasteiger partial charge in [-0.2, -0.15) is 10.5 Å². The lowest BCUT2D eigenvalue weighted by atomic mass is 10.2. The zero-order chi connectivity index (χ0) is 21.3. The van der Waals surface area contributed by atoms with E-state index in [1.165, 1.54) is 6.07 Å². The van der Waals surface area contributed by atoms with Crippen molar-refractivity contribution < 1.29 is 13.5 Å². The number of aryl methyl sites for hydroxylation is 1. The van der Waals surface area contributed by atoms with Crippen molar-refractivity contribution in [2.75, 3.05) is 5.32 Å². The van der Waals surface area contributed by atoms with E-state index >= 15 is 0 Å². The van der Waals surface area contributed by atoms with Crippen LogP contribution in [0.1, 0.15) is 16.8 Å². The Kier molecular flexibility index (Phi) is 4.71. The highest BCUT2D eigenvalue weighted by atomic mass is 19.1. The van der Waals surface area contributed by atoms with Crippen molar-refractivity contribution in [3.05, 3.63) is 71.2 Å². The third-order valence-electron chi connectivity index (χ3n) is 4.31. The van der Waals surface area contributed by atoms with Crippen LogP contribution in [0.25, 0.3) is 10.9 Å². The van der Waals surface area contributed by atoms with Gasteiger partial charge in [0.05, 0.1) is 17.1 Å². The van der Waals surface area contributed by atoms with Crippen molar-refractivity contribution in [1.82, 2.24) is 15.0 Å². The van der Waals surface area contributed by atoms with Crippen molar-refractivity contribution >= 4 is 22.4 Å². The SMILES string of the molecule is Cc1cc2c(F)c(Oc3ncnc(Nc4ccc(C#N)cc4)c3C#N)cc(F)c2[nH]1. The molecule has 2 aromatic carbocycles. The number of hydrogen-bond acceptors (Lipinski definition) is 6. The fourth-order valence-electron chi connectivity index (χ4n) is 2.92. The number of hydrogen-bond donors (Lipinski definition) is 2. The van der Waals surface area contributed by atoms with Crippen LogP contribution >= 0.6 is 0 Å². The van der Waals surface area contributed by atoms with Crippen molar-refractivity contribution in [3.63, 3.8) is 0 Å². The summed E-state index contributed by atoms with van der Waals surface area (Å²) in [4.78, 5) is 10.7. The number of benzene rings is 2. The largest absolute Gasteiger partial charge is 0.434 e. The molecule has 0 saturated heterocycles. The summed E-state index contributed by atoms with van der Waals surface area (Å²) in [5.74, 6) is -1.99. The second-order valence-electron chi connectivity index (χ2n) is 6.34. The van der Waals surface area contributed by atoms with Crippen LogP contribution in [-0.4, -0.2) is 15.0 Å². The number of nitrogens with zero attached hydrogens (tertiary/aromatic N) is 4. The summed E-state index contributed by atoms with van der Waals surface area (Å²) in [6.07, 6.45) is 1.13. The normalized spacial score (nSPS) is 10.4. The van der Waals surface area contributed by atoms with Crippen LogP contribution in [-0.2, 0) is 0 Å². The predicted octanol–water partition coefficient (Wildman–Crippen LogP) is 4.82. The summed E-state index contributed by atoms with van der Waals surface area (Å²) in [5, 5.41) is 21.4. The number of anilines is 2. The molecule has 4 rings (SSSR count). The Morgan fingerprint density at radius 1 is 1.07 bits per heavy atom. The molecular weight excluding hydrogens is 390 g/mol. The van der Waals surface area contributed by atoms with Gasteiger partial charge in [-0.05, 0) is 37.3 Å². The number of rotatable bonds is 4. The van der Waals surface area contributed by atoms with Crippen molar-refractivity contribution in [2.45, 2.75) is 6.92 Å². The first kappa shape index (κ1) is 18.8. The molecule has 30 heavy (non-hydrogen) atoms. The van der Waals surface area contributed by atoms with Crippen LogP contribution in [0, 0.1) is 41.2 Å². The van der Waals surface area contributed by atoms with Gasteiger partial charge in [0.25, 0.3) is 0 Å². The fourth-order valence-corrected chi connectivity index (χ4v) is 2.92. The Hall–Kier alpha value is -4.50. The molecule has 0 bridgehead atoms. The molecule has 0 amide bonds. The van der Waals surface area contributed by atoms with Crippen LogP contribution in [0.4, 0.5) is 20.3 Å². The smallest absolute Gasteiger partial charge is 0.242 e. The van der Waals surface area contributed by atoms with Crippen molar-refractivity contribution in [2.24, 2.45) is 0 Å². The minimum Gasteiger partial charge on any atom is -0.434 e. The Bertz CT molecular complexity index is 1350. The average molecular weight is 402 g/mol. The number of ether oxygens (including phenoxy) is 1. The fraction of sp³-hybridized carbons (Fsp3) is 0.0476. The van der Waals surface area contributed by atoms with E-state index in [0.717, 1.165) is 12.4 Å². The van der Waals surface area contributed by atoms with Gasteiger partial charge in [-0.1, -0.05) is 0 Å². The van der Waals surface area contributed by atoms with Gasteiger partial charge in [-0.15, -0.1) is 0 Å². The van der Waals surface area contributed by atoms with E-state index in [9.17, 15) is 14.0 Å². The van der Waals surface area contributed by atoms with Crippen LogP contribution in [0.5, 0.6) is 11.6 Å². The zero-order valence-corrected chi connectivity index (χ0v) is 15.5. The minimum absolute atomic E-state index is 0.0312. The molecule has 0 unspecified atom stereocenters. The molecule has 2 N–H and O–H groups in total. The molecule has 0 aliphatic rings. The van der Waals surface area contributed by atoms with E-state index in [1.807, 2.05) is 12.1 Å². The monoisotopic (exact) mass is 402 g/mol. The quantitative estimate of drug-likeness (QED) is 0.506. The number of nitrogens with one attached hydrogen (secondary N) is 2. The zero-order valence-electron chi connectivity index (χ0n) is 15.5. The maximum atomic E-state index is 14.8. The maximum absolute atomic E-state index is 14.8. The summed E-state index contributed by atoms with van der Waals surface area (Å²) in [6.45, 7) is 1.68. The molecule has 7 nitrogen and oxygen atoms in total. The summed E-state index contributed by atoms with van der Waals surface area (Å²) < 4.78 is 34.6. The number of H-pyrrole nitrogens is 1. The van der Waals surface area contributed by atoms with E-state index < -0.39 is 17.4 Å². The van der Waals surface area contributed by atoms with Crippen LogP contribution in [0.15, 0.2) is 42.7 Å². The van der Waals surface area contributed by atoms with Gasteiger partial charge >= 0.3 is 0 Å². The van der Waals surface area contributed by atoms with Gasteiger partial charge in [0.15, 0.2) is 28.8 Å². The molecule has 2 aromatic heterocycles. The maximum Gasteiger partial charge on any atom is 0.242 e. The second kappa shape index (κ2) is 7.49. The van der Waals surface area contributed by atoms with Gasteiger partial charge in [-0.3, -0.25) is 0 Å². The number of fused-ring (bicyclic) bond motifs is 1. The molecule has 2 heterocycles. The van der Waals surface area contributed by atoms with Gasteiger partial charge in [-0.25, -0.2) is 18.7 Å². The number of nitriles is 2. The second-order valence-corrected chi connectivity index (χ2v) is 6.34. The Morgan fingerprint density at radius 3 is 2.53 bits per heavy atom. The van der Waals surface area contributed by atoms with Crippen LogP contribution in [0.2, 0.25) is 0 Å². The molecule has 0 saturated carbocycles. The number of aromatic nitrogens is 3. The van der Waals surface area contributed by atoms with Crippen molar-refractivity contribution in [3.8, 4) is 23.8 Å². The predicted molar refractivity (Wildman–Crippen MR) is 104 cm³/mol.